The van der Waals surface area contributed by atoms with E-state index < -0.39 is 0 Å². The van der Waals surface area contributed by atoms with E-state index >= 15 is 0 Å². The van der Waals surface area contributed by atoms with Gasteiger partial charge in [-0.25, -0.2) is 4.79 Å². The number of carbonyl (C=O) groups is 2. The third-order valence-electron chi connectivity index (χ3n) is 1.84. The highest BCUT2D eigenvalue weighted by molar-refractivity contribution is 5.86. The number of rotatable bonds is 7. The Morgan fingerprint density at radius 1 is 1.12 bits per heavy atom. The molecule has 0 saturated carbocycles. The van der Waals surface area contributed by atoms with Gasteiger partial charge >= 0.3 is 11.9 Å². The van der Waals surface area contributed by atoms with Gasteiger partial charge in [-0.05, 0) is 19.8 Å². The summed E-state index contributed by atoms with van der Waals surface area (Å²) >= 11 is 0. The number of hydrogen-bond acceptors (Lipinski definition) is 4. The van der Waals surface area contributed by atoms with Crippen molar-refractivity contribution < 1.29 is 19.1 Å². The monoisotopic (exact) mass is 228 g/mol. The minimum atomic E-state index is -0.376. The minimum Gasteiger partial charge on any atom is -0.465 e. The molecule has 0 fully saturated rings. The number of ether oxygens (including phenoxy) is 2. The molecule has 0 rings (SSSR count). The Morgan fingerprint density at radius 3 is 2.06 bits per heavy atom. The van der Waals surface area contributed by atoms with E-state index in [0.29, 0.717) is 31.6 Å². The van der Waals surface area contributed by atoms with Gasteiger partial charge < -0.3 is 9.47 Å². The third-order valence-corrected chi connectivity index (χ3v) is 1.84. The van der Waals surface area contributed by atoms with Crippen LogP contribution in [0.5, 0.6) is 0 Å². The van der Waals surface area contributed by atoms with Gasteiger partial charge in [-0.1, -0.05) is 20.4 Å². The van der Waals surface area contributed by atoms with E-state index in [2.05, 4.69) is 6.58 Å². The van der Waals surface area contributed by atoms with Crippen LogP contribution < -0.4 is 0 Å². The van der Waals surface area contributed by atoms with Crippen molar-refractivity contribution in [3.63, 3.8) is 0 Å². The first kappa shape index (κ1) is 14.7. The Bertz CT molecular complexity index is 256. The average Bonchev–Trinajstić information content (AvgIpc) is 2.21. The largest absolute Gasteiger partial charge is 0.465 e. The molecule has 0 atom stereocenters. The summed E-state index contributed by atoms with van der Waals surface area (Å²) < 4.78 is 9.84. The van der Waals surface area contributed by atoms with Crippen molar-refractivity contribution in [2.24, 2.45) is 5.92 Å². The molecule has 92 valence electrons. The highest BCUT2D eigenvalue weighted by atomic mass is 16.5. The first-order valence-corrected chi connectivity index (χ1v) is 5.44. The molecule has 0 aliphatic carbocycles. The Labute approximate surface area is 96.6 Å². The van der Waals surface area contributed by atoms with Crippen molar-refractivity contribution in [1.82, 2.24) is 0 Å². The third kappa shape index (κ3) is 7.04. The number of carbonyl (C=O) groups excluding carboxylic acids is 2. The normalized spacial score (nSPS) is 10.0. The van der Waals surface area contributed by atoms with Crippen LogP contribution in [-0.2, 0) is 19.1 Å². The lowest BCUT2D eigenvalue weighted by molar-refractivity contribution is -0.148. The van der Waals surface area contributed by atoms with E-state index in [1.165, 1.54) is 0 Å². The molecule has 0 amide bonds. The van der Waals surface area contributed by atoms with Gasteiger partial charge in [0.15, 0.2) is 0 Å². The lowest BCUT2D eigenvalue weighted by atomic mass is 10.2. The van der Waals surface area contributed by atoms with Gasteiger partial charge in [-0.15, -0.1) is 0 Å². The Hall–Kier alpha value is -1.32. The second-order valence-electron chi connectivity index (χ2n) is 3.95. The van der Waals surface area contributed by atoms with Crippen LogP contribution in [0.25, 0.3) is 0 Å². The number of esters is 2. The maximum absolute atomic E-state index is 11.1. The molecule has 0 heterocycles. The maximum Gasteiger partial charge on any atom is 0.333 e. The summed E-state index contributed by atoms with van der Waals surface area (Å²) in [7, 11) is 0. The quantitative estimate of drug-likeness (QED) is 0.380. The molecule has 0 aliphatic rings. The molecule has 0 aromatic rings. The van der Waals surface area contributed by atoms with Crippen LogP contribution in [0, 0.1) is 5.92 Å². The van der Waals surface area contributed by atoms with Crippen molar-refractivity contribution in [2.45, 2.75) is 33.6 Å². The molecule has 0 aliphatic heterocycles. The summed E-state index contributed by atoms with van der Waals surface area (Å²) in [5, 5.41) is 0. The summed E-state index contributed by atoms with van der Waals surface area (Å²) in [5.41, 5.74) is 0.395. The van der Waals surface area contributed by atoms with Crippen LogP contribution in [0.15, 0.2) is 12.2 Å². The smallest absolute Gasteiger partial charge is 0.333 e. The molecule has 0 radical (unpaired) electrons. The number of unbranched alkanes of at least 4 members (excludes halogenated alkanes) is 1. The fourth-order valence-corrected chi connectivity index (χ4v) is 0.832. The highest BCUT2D eigenvalue weighted by Crippen LogP contribution is 1.99. The molecule has 0 unspecified atom stereocenters. The zero-order valence-electron chi connectivity index (χ0n) is 10.2. The molecule has 4 nitrogen and oxygen atoms in total. The SMILES string of the molecule is C=C(C)C(=O)OCCCCOC(=O)C(C)C. The van der Waals surface area contributed by atoms with Crippen LogP contribution in [0.3, 0.4) is 0 Å². The van der Waals surface area contributed by atoms with Crippen molar-refractivity contribution in [3.8, 4) is 0 Å². The Kier molecular flexibility index (Phi) is 7.25. The van der Waals surface area contributed by atoms with E-state index in [9.17, 15) is 9.59 Å². The van der Waals surface area contributed by atoms with E-state index in [-0.39, 0.29) is 17.9 Å². The van der Waals surface area contributed by atoms with Gasteiger partial charge in [0.1, 0.15) is 0 Å². The van der Waals surface area contributed by atoms with Gasteiger partial charge in [0, 0.05) is 5.57 Å². The standard InChI is InChI=1S/C12H20O4/c1-9(2)11(13)15-7-5-6-8-16-12(14)10(3)4/h10H,1,5-8H2,2-4H3. The molecule has 4 heteroatoms. The molecule has 0 aromatic heterocycles. The van der Waals surface area contributed by atoms with Crippen molar-refractivity contribution in [1.29, 1.82) is 0 Å². The van der Waals surface area contributed by atoms with Crippen molar-refractivity contribution >= 4 is 11.9 Å². The van der Waals surface area contributed by atoms with Gasteiger partial charge in [-0.3, -0.25) is 4.79 Å². The fraction of sp³-hybridized carbons (Fsp3) is 0.667. The van der Waals surface area contributed by atoms with Crippen LogP contribution >= 0.6 is 0 Å². The summed E-state index contributed by atoms with van der Waals surface area (Å²) in [6.45, 7) is 9.36. The second-order valence-corrected chi connectivity index (χ2v) is 3.95. The zero-order chi connectivity index (χ0) is 12.6. The molecule has 0 spiro atoms. The predicted octanol–water partition coefficient (Wildman–Crippen LogP) is 2.09. The second kappa shape index (κ2) is 7.91. The van der Waals surface area contributed by atoms with E-state index in [4.69, 9.17) is 9.47 Å². The highest BCUT2D eigenvalue weighted by Gasteiger charge is 2.07. The summed E-state index contributed by atoms with van der Waals surface area (Å²) in [6.07, 6.45) is 1.38. The fourth-order valence-electron chi connectivity index (χ4n) is 0.832. The van der Waals surface area contributed by atoms with Crippen molar-refractivity contribution in [3.05, 3.63) is 12.2 Å². The van der Waals surface area contributed by atoms with Crippen LogP contribution in [-0.4, -0.2) is 25.2 Å². The molecule has 0 saturated heterocycles. The minimum absolute atomic E-state index is 0.0961. The molecular weight excluding hydrogens is 208 g/mol. The predicted molar refractivity (Wildman–Crippen MR) is 60.8 cm³/mol. The topological polar surface area (TPSA) is 52.6 Å². The maximum atomic E-state index is 11.1. The van der Waals surface area contributed by atoms with Crippen LogP contribution in [0.2, 0.25) is 0 Å². The Morgan fingerprint density at radius 2 is 1.62 bits per heavy atom. The first-order chi connectivity index (χ1) is 7.45. The van der Waals surface area contributed by atoms with Crippen LogP contribution in [0.1, 0.15) is 33.6 Å². The van der Waals surface area contributed by atoms with Crippen molar-refractivity contribution in [2.75, 3.05) is 13.2 Å². The molecule has 16 heavy (non-hydrogen) atoms. The Balaban J connectivity index is 3.38. The summed E-state index contributed by atoms with van der Waals surface area (Å²) in [5.74, 6) is -0.667. The van der Waals surface area contributed by atoms with E-state index in [1.54, 1.807) is 20.8 Å². The summed E-state index contributed by atoms with van der Waals surface area (Å²) in [4.78, 5) is 22.0. The summed E-state index contributed by atoms with van der Waals surface area (Å²) in [6, 6.07) is 0. The lowest BCUT2D eigenvalue weighted by Crippen LogP contribution is -2.13. The van der Waals surface area contributed by atoms with E-state index in [0.717, 1.165) is 0 Å². The number of hydrogen-bond donors (Lipinski definition) is 0. The van der Waals surface area contributed by atoms with E-state index in [1.807, 2.05) is 0 Å². The lowest BCUT2D eigenvalue weighted by Gasteiger charge is -2.07. The first-order valence-electron chi connectivity index (χ1n) is 5.44. The van der Waals surface area contributed by atoms with Gasteiger partial charge in [0.25, 0.3) is 0 Å². The average molecular weight is 228 g/mol. The van der Waals surface area contributed by atoms with Crippen LogP contribution in [0.4, 0.5) is 0 Å². The molecule has 0 bridgehead atoms. The molecule has 0 aromatic carbocycles. The van der Waals surface area contributed by atoms with Gasteiger partial charge in [0.05, 0.1) is 19.1 Å². The van der Waals surface area contributed by atoms with Gasteiger partial charge in [-0.2, -0.15) is 0 Å². The zero-order valence-corrected chi connectivity index (χ0v) is 10.2. The molecule has 0 N–H and O–H groups in total. The molecular formula is C12H20O4. The van der Waals surface area contributed by atoms with Gasteiger partial charge in [0.2, 0.25) is 0 Å².